The number of rotatable bonds is 5. The fourth-order valence-electron chi connectivity index (χ4n) is 3.08. The number of methoxy groups -OCH3 is 1. The highest BCUT2D eigenvalue weighted by Gasteiger charge is 2.15. The number of hydrogen-bond acceptors (Lipinski definition) is 5. The number of nitrogens with one attached hydrogen (secondary N) is 2. The van der Waals surface area contributed by atoms with Crippen molar-refractivity contribution in [2.45, 2.75) is 0 Å². The molecule has 0 bridgehead atoms. The number of halogens is 1. The lowest BCUT2D eigenvalue weighted by atomic mass is 10.2. The van der Waals surface area contributed by atoms with E-state index in [1.165, 1.54) is 12.0 Å². The van der Waals surface area contributed by atoms with E-state index in [4.69, 9.17) is 22.1 Å². The van der Waals surface area contributed by atoms with E-state index in [1.807, 2.05) is 0 Å². The molecule has 3 aromatic carbocycles. The number of primary amides is 1. The number of nitrogens with two attached hydrogens (primary N) is 1. The molecular formula is C22H18ClN5O4. The molecule has 0 aliphatic rings. The highest BCUT2D eigenvalue weighted by molar-refractivity contribution is 6.31. The summed E-state index contributed by atoms with van der Waals surface area (Å²) in [5.41, 5.74) is 8.02. The van der Waals surface area contributed by atoms with Crippen molar-refractivity contribution in [1.82, 2.24) is 9.97 Å². The van der Waals surface area contributed by atoms with Crippen molar-refractivity contribution in [1.29, 1.82) is 0 Å². The van der Waals surface area contributed by atoms with Gasteiger partial charge in [0.1, 0.15) is 11.5 Å². The largest absolute Gasteiger partial charge is 0.457 e. The highest BCUT2D eigenvalue weighted by Crippen LogP contribution is 2.31. The molecule has 0 spiro atoms. The van der Waals surface area contributed by atoms with Crippen LogP contribution in [0, 0.1) is 0 Å². The first-order chi connectivity index (χ1) is 15.4. The van der Waals surface area contributed by atoms with Crippen molar-refractivity contribution in [2.75, 3.05) is 17.3 Å². The number of carbonyl (C=O) groups excluding carboxylic acids is 2. The quantitative estimate of drug-likeness (QED) is 0.374. The molecule has 0 aliphatic carbocycles. The molecule has 9 nitrogen and oxygen atoms in total. The van der Waals surface area contributed by atoms with Crippen molar-refractivity contribution in [3.63, 3.8) is 0 Å². The lowest BCUT2D eigenvalue weighted by molar-refractivity contribution is 0.186. The summed E-state index contributed by atoms with van der Waals surface area (Å²) in [6, 6.07) is 18.3. The molecule has 0 unspecified atom stereocenters. The van der Waals surface area contributed by atoms with E-state index in [-0.39, 0.29) is 5.95 Å². The number of aromatic nitrogens is 2. The summed E-state index contributed by atoms with van der Waals surface area (Å²) in [7, 11) is 1.27. The summed E-state index contributed by atoms with van der Waals surface area (Å²) in [6.45, 7) is 0. The van der Waals surface area contributed by atoms with Crippen LogP contribution in [-0.2, 0) is 4.74 Å². The van der Waals surface area contributed by atoms with Crippen LogP contribution in [0.4, 0.5) is 26.9 Å². The summed E-state index contributed by atoms with van der Waals surface area (Å²) >= 11 is 6.04. The van der Waals surface area contributed by atoms with Crippen molar-refractivity contribution >= 4 is 52.1 Å². The van der Waals surface area contributed by atoms with Crippen molar-refractivity contribution in [2.24, 2.45) is 5.73 Å². The first kappa shape index (κ1) is 21.0. The van der Waals surface area contributed by atoms with Crippen LogP contribution in [0.25, 0.3) is 11.0 Å². The first-order valence-corrected chi connectivity index (χ1v) is 9.78. The number of anilines is 3. The Labute approximate surface area is 187 Å². The van der Waals surface area contributed by atoms with E-state index >= 15 is 0 Å². The Morgan fingerprint density at radius 2 is 1.78 bits per heavy atom. The molecular weight excluding hydrogens is 434 g/mol. The lowest BCUT2D eigenvalue weighted by Gasteiger charge is -2.21. The lowest BCUT2D eigenvalue weighted by Crippen LogP contribution is -2.31. The second-order valence-corrected chi connectivity index (χ2v) is 7.07. The second-order valence-electron chi connectivity index (χ2n) is 6.63. The number of nitrogens with zero attached hydrogens (tertiary/aromatic N) is 2. The van der Waals surface area contributed by atoms with Gasteiger partial charge in [-0.1, -0.05) is 17.7 Å². The van der Waals surface area contributed by atoms with Gasteiger partial charge < -0.3 is 20.2 Å². The number of benzene rings is 3. The topological polar surface area (TPSA) is 123 Å². The van der Waals surface area contributed by atoms with Crippen molar-refractivity contribution in [3.8, 4) is 11.5 Å². The number of ether oxygens (including phenoxy) is 2. The van der Waals surface area contributed by atoms with Gasteiger partial charge in [0.05, 0.1) is 29.5 Å². The Morgan fingerprint density at radius 1 is 1.03 bits per heavy atom. The van der Waals surface area contributed by atoms with Gasteiger partial charge in [0.15, 0.2) is 0 Å². The van der Waals surface area contributed by atoms with Gasteiger partial charge in [-0.2, -0.15) is 0 Å². The minimum absolute atomic E-state index is 0.265. The molecule has 162 valence electrons. The van der Waals surface area contributed by atoms with Crippen molar-refractivity contribution in [3.05, 3.63) is 71.8 Å². The maximum atomic E-state index is 12.0. The molecule has 0 saturated carbocycles. The van der Waals surface area contributed by atoms with Crippen LogP contribution in [0.1, 0.15) is 0 Å². The molecule has 4 N–H and O–H groups in total. The fourth-order valence-corrected chi connectivity index (χ4v) is 3.26. The first-order valence-electron chi connectivity index (χ1n) is 9.41. The average molecular weight is 452 g/mol. The number of hydrogen-bond donors (Lipinski definition) is 3. The predicted octanol–water partition coefficient (Wildman–Crippen LogP) is 5.40. The number of amides is 3. The van der Waals surface area contributed by atoms with Crippen LogP contribution in [-0.4, -0.2) is 29.2 Å². The van der Waals surface area contributed by atoms with Crippen LogP contribution in [0.5, 0.6) is 11.5 Å². The Balaban J connectivity index is 1.53. The zero-order valence-electron chi connectivity index (χ0n) is 16.8. The zero-order chi connectivity index (χ0) is 22.7. The fraction of sp³-hybridized carbons (Fsp3) is 0.0455. The van der Waals surface area contributed by atoms with E-state index in [2.05, 4.69) is 20.0 Å². The number of carbonyl (C=O) groups is 2. The number of imidazole rings is 1. The smallest absolute Gasteiger partial charge is 0.413 e. The van der Waals surface area contributed by atoms with Gasteiger partial charge in [-0.25, -0.2) is 14.6 Å². The van der Waals surface area contributed by atoms with Gasteiger partial charge in [0.25, 0.3) is 0 Å². The SMILES string of the molecule is COC(=O)Nc1nc2ccc(Oc3ccc(N(C(N)=O)c4cccc(Cl)c4)cc3)cc2[nH]1. The number of urea groups is 1. The van der Waals surface area contributed by atoms with Crippen LogP contribution in [0.3, 0.4) is 0 Å². The summed E-state index contributed by atoms with van der Waals surface area (Å²) in [4.78, 5) is 31.9. The Hall–Kier alpha value is -4.24. The normalized spacial score (nSPS) is 10.6. The van der Waals surface area contributed by atoms with Crippen LogP contribution < -0.4 is 20.7 Å². The van der Waals surface area contributed by atoms with Gasteiger partial charge in [0.2, 0.25) is 5.95 Å². The molecule has 3 amide bonds. The van der Waals surface area contributed by atoms with Crippen LogP contribution >= 0.6 is 11.6 Å². The van der Waals surface area contributed by atoms with E-state index in [9.17, 15) is 9.59 Å². The summed E-state index contributed by atoms with van der Waals surface area (Å²) < 4.78 is 10.5. The Morgan fingerprint density at radius 3 is 2.47 bits per heavy atom. The van der Waals surface area contributed by atoms with Crippen LogP contribution in [0.15, 0.2) is 66.7 Å². The van der Waals surface area contributed by atoms with Gasteiger partial charge in [-0.15, -0.1) is 0 Å². The molecule has 0 radical (unpaired) electrons. The molecule has 10 heteroatoms. The second kappa shape index (κ2) is 8.86. The monoisotopic (exact) mass is 451 g/mol. The third-order valence-corrected chi connectivity index (χ3v) is 4.71. The van der Waals surface area contributed by atoms with Gasteiger partial charge in [-0.3, -0.25) is 10.2 Å². The maximum Gasteiger partial charge on any atom is 0.413 e. The molecule has 0 aliphatic heterocycles. The summed E-state index contributed by atoms with van der Waals surface area (Å²) in [5, 5.41) is 2.97. The van der Waals surface area contributed by atoms with E-state index < -0.39 is 12.1 Å². The number of H-pyrrole nitrogens is 1. The molecule has 1 aromatic heterocycles. The molecule has 0 saturated heterocycles. The third kappa shape index (κ3) is 4.57. The van der Waals surface area contributed by atoms with E-state index in [0.717, 1.165) is 0 Å². The van der Waals surface area contributed by atoms with Crippen molar-refractivity contribution < 1.29 is 19.1 Å². The molecule has 4 aromatic rings. The standard InChI is InChI=1S/C22H18ClN5O4/c1-31-22(30)27-21-25-18-10-9-17(12-19(18)26-21)32-16-7-5-14(6-8-16)28(20(24)29)15-4-2-3-13(23)11-15/h2-12H,1H3,(H2,24,29)(H2,25,26,27,30). The van der Waals surface area contributed by atoms with E-state index in [1.54, 1.807) is 66.7 Å². The molecule has 4 rings (SSSR count). The zero-order valence-corrected chi connectivity index (χ0v) is 17.6. The molecule has 0 fully saturated rings. The highest BCUT2D eigenvalue weighted by atomic mass is 35.5. The van der Waals surface area contributed by atoms with Gasteiger partial charge in [-0.05, 0) is 54.6 Å². The molecule has 32 heavy (non-hydrogen) atoms. The average Bonchev–Trinajstić information content (AvgIpc) is 3.16. The maximum absolute atomic E-state index is 12.0. The third-order valence-electron chi connectivity index (χ3n) is 4.48. The summed E-state index contributed by atoms with van der Waals surface area (Å²) in [5.74, 6) is 1.37. The summed E-state index contributed by atoms with van der Waals surface area (Å²) in [6.07, 6.45) is -0.622. The molecule has 0 atom stereocenters. The Kier molecular flexibility index (Phi) is 5.82. The van der Waals surface area contributed by atoms with Gasteiger partial charge >= 0.3 is 12.1 Å². The van der Waals surface area contributed by atoms with Crippen LogP contribution in [0.2, 0.25) is 5.02 Å². The van der Waals surface area contributed by atoms with Gasteiger partial charge in [0, 0.05) is 11.1 Å². The number of aromatic amines is 1. The minimum Gasteiger partial charge on any atom is -0.457 e. The predicted molar refractivity (Wildman–Crippen MR) is 122 cm³/mol. The van der Waals surface area contributed by atoms with E-state index in [0.29, 0.717) is 38.9 Å². The number of fused-ring (bicyclic) bond motifs is 1. The molecule has 1 heterocycles. The Bertz CT molecular complexity index is 1290. The minimum atomic E-state index is -0.637.